The highest BCUT2D eigenvalue weighted by atomic mass is 35.5. The number of halogens is 2. The summed E-state index contributed by atoms with van der Waals surface area (Å²) in [4.78, 5) is 0. The van der Waals surface area contributed by atoms with Crippen LogP contribution in [0.5, 0.6) is 11.5 Å². The molecule has 94 valence electrons. The van der Waals surface area contributed by atoms with E-state index in [0.717, 1.165) is 0 Å². The van der Waals surface area contributed by atoms with Crippen molar-refractivity contribution < 1.29 is 19.7 Å². The van der Waals surface area contributed by atoms with Crippen molar-refractivity contribution in [1.29, 1.82) is 0 Å². The third kappa shape index (κ3) is 2.60. The lowest BCUT2D eigenvalue weighted by molar-refractivity contribution is 0.0169. The topological polar surface area (TPSA) is 58.9 Å². The van der Waals surface area contributed by atoms with Gasteiger partial charge in [-0.15, -0.1) is 11.6 Å². The Kier molecular flexibility index (Phi) is 3.99. The summed E-state index contributed by atoms with van der Waals surface area (Å²) in [6.07, 6.45) is -1.76. The van der Waals surface area contributed by atoms with Gasteiger partial charge in [0.2, 0.25) is 6.79 Å². The number of ether oxygens (including phenoxy) is 2. The van der Waals surface area contributed by atoms with Crippen LogP contribution in [0.25, 0.3) is 0 Å². The van der Waals surface area contributed by atoms with Gasteiger partial charge in [0.05, 0.1) is 11.1 Å². The van der Waals surface area contributed by atoms with Crippen LogP contribution in [-0.4, -0.2) is 29.0 Å². The van der Waals surface area contributed by atoms with Crippen molar-refractivity contribution in [1.82, 2.24) is 0 Å². The molecule has 4 nitrogen and oxygen atoms in total. The van der Waals surface area contributed by atoms with Gasteiger partial charge in [-0.2, -0.15) is 0 Å². The molecule has 0 amide bonds. The normalized spacial score (nSPS) is 16.9. The molecular weight excluding hydrogens is 267 g/mol. The summed E-state index contributed by atoms with van der Waals surface area (Å²) in [6, 6.07) is 3.14. The van der Waals surface area contributed by atoms with E-state index in [1.165, 1.54) is 0 Å². The van der Waals surface area contributed by atoms with E-state index < -0.39 is 12.2 Å². The maximum Gasteiger partial charge on any atom is 0.231 e. The van der Waals surface area contributed by atoms with Gasteiger partial charge in [-0.05, 0) is 12.5 Å². The third-order valence-electron chi connectivity index (χ3n) is 2.58. The summed E-state index contributed by atoms with van der Waals surface area (Å²) in [5.41, 5.74) is 0.411. The van der Waals surface area contributed by atoms with Crippen LogP contribution in [0.15, 0.2) is 12.1 Å². The van der Waals surface area contributed by atoms with Crippen molar-refractivity contribution in [3.63, 3.8) is 0 Å². The fourth-order valence-electron chi connectivity index (χ4n) is 1.64. The van der Waals surface area contributed by atoms with E-state index >= 15 is 0 Å². The summed E-state index contributed by atoms with van der Waals surface area (Å²) in [6.45, 7) is 0.134. The van der Waals surface area contributed by atoms with Crippen molar-refractivity contribution >= 4 is 23.2 Å². The first kappa shape index (κ1) is 12.8. The molecule has 2 unspecified atom stereocenters. The average molecular weight is 279 g/mol. The van der Waals surface area contributed by atoms with Gasteiger partial charge in [0.15, 0.2) is 11.5 Å². The molecule has 1 aliphatic heterocycles. The Bertz CT molecular complexity index is 411. The van der Waals surface area contributed by atoms with Crippen LogP contribution in [0.1, 0.15) is 18.1 Å². The quantitative estimate of drug-likeness (QED) is 0.828. The summed E-state index contributed by atoms with van der Waals surface area (Å²) in [5.74, 6) is 1.32. The minimum absolute atomic E-state index is 0.134. The van der Waals surface area contributed by atoms with Crippen LogP contribution in [-0.2, 0) is 0 Å². The summed E-state index contributed by atoms with van der Waals surface area (Å²) in [5, 5.41) is 20.0. The van der Waals surface area contributed by atoms with E-state index in [1.807, 2.05) is 0 Å². The fourth-order valence-corrected chi connectivity index (χ4v) is 2.13. The van der Waals surface area contributed by atoms with Gasteiger partial charge in [0.25, 0.3) is 0 Å². The van der Waals surface area contributed by atoms with Crippen molar-refractivity contribution in [3.05, 3.63) is 22.7 Å². The van der Waals surface area contributed by atoms with Gasteiger partial charge in [0.1, 0.15) is 6.10 Å². The predicted octanol–water partition coefficient (Wildman–Crippen LogP) is 2.09. The minimum Gasteiger partial charge on any atom is -0.454 e. The standard InChI is InChI=1S/C11H12Cl2O4/c12-2-1-8(14)11(15)6-3-9-10(4-7(6)13)17-5-16-9/h3-4,8,11,14-15H,1-2,5H2. The molecule has 1 aromatic carbocycles. The van der Waals surface area contributed by atoms with Crippen molar-refractivity contribution in [3.8, 4) is 11.5 Å². The van der Waals surface area contributed by atoms with Crippen LogP contribution >= 0.6 is 23.2 Å². The van der Waals surface area contributed by atoms with E-state index in [1.54, 1.807) is 12.1 Å². The monoisotopic (exact) mass is 278 g/mol. The van der Waals surface area contributed by atoms with Crippen LogP contribution in [0.2, 0.25) is 5.02 Å². The minimum atomic E-state index is -1.09. The zero-order chi connectivity index (χ0) is 12.4. The van der Waals surface area contributed by atoms with Crippen molar-refractivity contribution in [2.75, 3.05) is 12.7 Å². The molecule has 0 aliphatic carbocycles. The number of rotatable bonds is 4. The zero-order valence-electron chi connectivity index (χ0n) is 8.90. The molecular formula is C11H12Cl2O4. The second-order valence-electron chi connectivity index (χ2n) is 3.72. The zero-order valence-corrected chi connectivity index (χ0v) is 10.4. The lowest BCUT2D eigenvalue weighted by Gasteiger charge is -2.18. The van der Waals surface area contributed by atoms with Gasteiger partial charge in [0, 0.05) is 17.5 Å². The van der Waals surface area contributed by atoms with Gasteiger partial charge < -0.3 is 19.7 Å². The molecule has 1 heterocycles. The number of aliphatic hydroxyl groups is 2. The Hall–Kier alpha value is -0.680. The van der Waals surface area contributed by atoms with Gasteiger partial charge in [-0.3, -0.25) is 0 Å². The van der Waals surface area contributed by atoms with E-state index in [9.17, 15) is 10.2 Å². The molecule has 0 saturated carbocycles. The number of hydrogen-bond donors (Lipinski definition) is 2. The SMILES string of the molecule is OC(CCCl)C(O)c1cc2c(cc1Cl)OCO2. The number of aliphatic hydroxyl groups excluding tert-OH is 2. The summed E-state index contributed by atoms with van der Waals surface area (Å²) < 4.78 is 10.3. The highest BCUT2D eigenvalue weighted by Crippen LogP contribution is 2.39. The maximum absolute atomic E-state index is 9.94. The molecule has 0 saturated heterocycles. The molecule has 2 atom stereocenters. The average Bonchev–Trinajstić information content (AvgIpc) is 2.74. The molecule has 0 bridgehead atoms. The third-order valence-corrected chi connectivity index (χ3v) is 3.13. The first-order chi connectivity index (χ1) is 8.13. The second kappa shape index (κ2) is 5.31. The molecule has 1 aliphatic rings. The Morgan fingerprint density at radius 2 is 1.88 bits per heavy atom. The largest absolute Gasteiger partial charge is 0.454 e. The first-order valence-electron chi connectivity index (χ1n) is 5.14. The lowest BCUT2D eigenvalue weighted by atomic mass is 10.0. The van der Waals surface area contributed by atoms with Crippen LogP contribution in [0.4, 0.5) is 0 Å². The number of hydrogen-bond acceptors (Lipinski definition) is 4. The van der Waals surface area contributed by atoms with Crippen LogP contribution in [0, 0.1) is 0 Å². The molecule has 1 aromatic rings. The van der Waals surface area contributed by atoms with Crippen LogP contribution in [0.3, 0.4) is 0 Å². The summed E-state index contributed by atoms with van der Waals surface area (Å²) >= 11 is 11.5. The Morgan fingerprint density at radius 1 is 1.24 bits per heavy atom. The molecule has 6 heteroatoms. The van der Waals surface area contributed by atoms with E-state index in [-0.39, 0.29) is 19.1 Å². The van der Waals surface area contributed by atoms with E-state index in [0.29, 0.717) is 22.1 Å². The van der Waals surface area contributed by atoms with Crippen molar-refractivity contribution in [2.45, 2.75) is 18.6 Å². The molecule has 0 radical (unpaired) electrons. The molecule has 2 rings (SSSR count). The van der Waals surface area contributed by atoms with Gasteiger partial charge in [-0.25, -0.2) is 0 Å². The molecule has 17 heavy (non-hydrogen) atoms. The van der Waals surface area contributed by atoms with E-state index in [2.05, 4.69) is 0 Å². The number of benzene rings is 1. The number of fused-ring (bicyclic) bond motifs is 1. The Morgan fingerprint density at radius 3 is 2.53 bits per heavy atom. The highest BCUT2D eigenvalue weighted by molar-refractivity contribution is 6.31. The molecule has 2 N–H and O–H groups in total. The van der Waals surface area contributed by atoms with Crippen LogP contribution < -0.4 is 9.47 Å². The Balaban J connectivity index is 2.26. The second-order valence-corrected chi connectivity index (χ2v) is 4.50. The molecule has 0 aromatic heterocycles. The molecule has 0 spiro atoms. The van der Waals surface area contributed by atoms with Gasteiger partial charge >= 0.3 is 0 Å². The predicted molar refractivity (Wildman–Crippen MR) is 63.9 cm³/mol. The summed E-state index contributed by atoms with van der Waals surface area (Å²) in [7, 11) is 0. The molecule has 0 fully saturated rings. The lowest BCUT2D eigenvalue weighted by Crippen LogP contribution is -2.19. The smallest absolute Gasteiger partial charge is 0.231 e. The van der Waals surface area contributed by atoms with Gasteiger partial charge in [-0.1, -0.05) is 11.6 Å². The first-order valence-corrected chi connectivity index (χ1v) is 6.06. The fraction of sp³-hybridized carbons (Fsp3) is 0.455. The maximum atomic E-state index is 9.94. The Labute approximate surface area is 109 Å². The van der Waals surface area contributed by atoms with Crippen molar-refractivity contribution in [2.24, 2.45) is 0 Å². The number of alkyl halides is 1. The highest BCUT2D eigenvalue weighted by Gasteiger charge is 2.24. The van der Waals surface area contributed by atoms with E-state index in [4.69, 9.17) is 32.7 Å².